The van der Waals surface area contributed by atoms with Crippen LogP contribution in [0, 0.1) is 0 Å². The van der Waals surface area contributed by atoms with E-state index >= 15 is 0 Å². The lowest BCUT2D eigenvalue weighted by atomic mass is 10.1. The lowest BCUT2D eigenvalue weighted by Crippen LogP contribution is -2.37. The third kappa shape index (κ3) is 5.93. The number of ether oxygens (including phenoxy) is 1. The second-order valence-corrected chi connectivity index (χ2v) is 10.4. The molecular weight excluding hydrogens is 458 g/mol. The fourth-order valence-electron chi connectivity index (χ4n) is 3.73. The van der Waals surface area contributed by atoms with Crippen LogP contribution in [0.15, 0.2) is 64.9 Å². The van der Waals surface area contributed by atoms with Crippen LogP contribution >= 0.6 is 11.3 Å². The van der Waals surface area contributed by atoms with E-state index in [4.69, 9.17) is 4.74 Å². The molecular formula is C24H27N3O4S2. The van der Waals surface area contributed by atoms with Gasteiger partial charge in [0.25, 0.3) is 15.9 Å². The highest BCUT2D eigenvalue weighted by Gasteiger charge is 2.18. The maximum atomic E-state index is 12.8. The highest BCUT2D eigenvalue weighted by molar-refractivity contribution is 7.92. The number of benzene rings is 2. The minimum absolute atomic E-state index is 0.0325. The van der Waals surface area contributed by atoms with Gasteiger partial charge in [0.1, 0.15) is 5.75 Å². The topological polar surface area (TPSA) is 87.7 Å². The molecule has 1 aliphatic heterocycles. The van der Waals surface area contributed by atoms with Gasteiger partial charge in [-0.15, -0.1) is 11.3 Å². The van der Waals surface area contributed by atoms with Crippen LogP contribution in [0.4, 0.5) is 5.69 Å². The molecule has 3 aromatic rings. The molecule has 1 aromatic heterocycles. The van der Waals surface area contributed by atoms with Gasteiger partial charge in [-0.1, -0.05) is 6.07 Å². The van der Waals surface area contributed by atoms with Gasteiger partial charge in [-0.2, -0.15) is 0 Å². The first-order valence-electron chi connectivity index (χ1n) is 10.9. The van der Waals surface area contributed by atoms with E-state index in [-0.39, 0.29) is 10.8 Å². The van der Waals surface area contributed by atoms with Gasteiger partial charge in [-0.05, 0) is 72.8 Å². The molecule has 2 aromatic carbocycles. The normalized spacial score (nSPS) is 13.8. The van der Waals surface area contributed by atoms with E-state index < -0.39 is 10.0 Å². The second-order valence-electron chi connectivity index (χ2n) is 7.74. The SMILES string of the molecule is CCOc1ccc(NS(=O)(=O)c2cccc(C(=O)NCCN3CCc4sccc4C3)c2)cc1. The van der Waals surface area contributed by atoms with E-state index in [1.807, 2.05) is 6.92 Å². The number of rotatable bonds is 9. The number of carbonyl (C=O) groups is 1. The zero-order valence-corrected chi connectivity index (χ0v) is 20.0. The molecule has 7 nitrogen and oxygen atoms in total. The molecule has 0 fully saturated rings. The van der Waals surface area contributed by atoms with Crippen LogP contribution in [0.25, 0.3) is 0 Å². The Bertz CT molecular complexity index is 1210. The summed E-state index contributed by atoms with van der Waals surface area (Å²) in [6, 6.07) is 14.9. The van der Waals surface area contributed by atoms with E-state index in [2.05, 4.69) is 26.4 Å². The van der Waals surface area contributed by atoms with E-state index in [0.717, 1.165) is 26.1 Å². The van der Waals surface area contributed by atoms with Crippen molar-refractivity contribution >= 4 is 33.0 Å². The molecule has 174 valence electrons. The van der Waals surface area contributed by atoms with Gasteiger partial charge < -0.3 is 10.1 Å². The van der Waals surface area contributed by atoms with Crippen LogP contribution in [0.1, 0.15) is 27.7 Å². The van der Waals surface area contributed by atoms with Crippen LogP contribution in [-0.4, -0.2) is 45.5 Å². The van der Waals surface area contributed by atoms with Gasteiger partial charge in [0, 0.05) is 42.3 Å². The first-order chi connectivity index (χ1) is 15.9. The van der Waals surface area contributed by atoms with Gasteiger partial charge in [-0.3, -0.25) is 14.4 Å². The van der Waals surface area contributed by atoms with Crippen molar-refractivity contribution in [2.75, 3.05) is 31.0 Å². The summed E-state index contributed by atoms with van der Waals surface area (Å²) in [5, 5.41) is 5.03. The summed E-state index contributed by atoms with van der Waals surface area (Å²) in [7, 11) is -3.83. The molecule has 9 heteroatoms. The van der Waals surface area contributed by atoms with Crippen LogP contribution < -0.4 is 14.8 Å². The predicted octanol–water partition coefficient (Wildman–Crippen LogP) is 3.74. The van der Waals surface area contributed by atoms with Crippen LogP contribution in [-0.2, 0) is 23.0 Å². The summed E-state index contributed by atoms with van der Waals surface area (Å²) in [5.74, 6) is 0.376. The molecule has 2 N–H and O–H groups in total. The first kappa shape index (κ1) is 23.3. The summed E-state index contributed by atoms with van der Waals surface area (Å²) in [4.78, 5) is 16.4. The first-order valence-corrected chi connectivity index (χ1v) is 13.2. The standard InChI is InChI=1S/C24H27N3O4S2/c1-2-31-21-8-6-20(7-9-21)26-33(29,30)22-5-3-4-18(16-22)24(28)25-12-14-27-13-10-23-19(17-27)11-15-32-23/h3-9,11,15-16,26H,2,10,12-14,17H2,1H3,(H,25,28). The maximum Gasteiger partial charge on any atom is 0.261 e. The third-order valence-corrected chi connectivity index (χ3v) is 7.83. The molecule has 1 amide bonds. The van der Waals surface area contributed by atoms with Crippen molar-refractivity contribution in [2.45, 2.75) is 24.8 Å². The lowest BCUT2D eigenvalue weighted by molar-refractivity contribution is 0.0947. The Kier molecular flexibility index (Phi) is 7.32. The molecule has 4 rings (SSSR count). The Morgan fingerprint density at radius 1 is 1.15 bits per heavy atom. The number of nitrogens with one attached hydrogen (secondary N) is 2. The number of sulfonamides is 1. The van der Waals surface area contributed by atoms with Crippen molar-refractivity contribution in [1.82, 2.24) is 10.2 Å². The highest BCUT2D eigenvalue weighted by atomic mass is 32.2. The third-order valence-electron chi connectivity index (χ3n) is 5.42. The smallest absolute Gasteiger partial charge is 0.261 e. The summed E-state index contributed by atoms with van der Waals surface area (Å²) >= 11 is 1.80. The number of anilines is 1. The van der Waals surface area contributed by atoms with Crippen molar-refractivity contribution in [3.05, 3.63) is 76.0 Å². The number of hydrogen-bond donors (Lipinski definition) is 2. The molecule has 0 aliphatic carbocycles. The van der Waals surface area contributed by atoms with Crippen LogP contribution in [0.3, 0.4) is 0 Å². The van der Waals surface area contributed by atoms with Crippen LogP contribution in [0.5, 0.6) is 5.75 Å². The zero-order valence-electron chi connectivity index (χ0n) is 18.4. The molecule has 33 heavy (non-hydrogen) atoms. The molecule has 1 aliphatic rings. The monoisotopic (exact) mass is 485 g/mol. The average molecular weight is 486 g/mol. The van der Waals surface area contributed by atoms with Crippen molar-refractivity contribution in [1.29, 1.82) is 0 Å². The number of thiophene rings is 1. The molecule has 0 atom stereocenters. The van der Waals surface area contributed by atoms with Gasteiger partial charge >= 0.3 is 0 Å². The molecule has 0 bridgehead atoms. The van der Waals surface area contributed by atoms with Gasteiger partial charge in [0.15, 0.2) is 0 Å². The van der Waals surface area contributed by atoms with Crippen molar-refractivity contribution < 1.29 is 17.9 Å². The molecule has 0 radical (unpaired) electrons. The van der Waals surface area contributed by atoms with Gasteiger partial charge in [0.2, 0.25) is 0 Å². The summed E-state index contributed by atoms with van der Waals surface area (Å²) < 4.78 is 33.5. The van der Waals surface area contributed by atoms with Gasteiger partial charge in [-0.25, -0.2) is 8.42 Å². The Hall–Kier alpha value is -2.88. The average Bonchev–Trinajstić information content (AvgIpc) is 3.28. The Morgan fingerprint density at radius 2 is 1.97 bits per heavy atom. The minimum Gasteiger partial charge on any atom is -0.494 e. The largest absolute Gasteiger partial charge is 0.494 e. The lowest BCUT2D eigenvalue weighted by Gasteiger charge is -2.26. The van der Waals surface area contributed by atoms with E-state index in [9.17, 15) is 13.2 Å². The van der Waals surface area contributed by atoms with Crippen molar-refractivity contribution in [3.63, 3.8) is 0 Å². The summed E-state index contributed by atoms with van der Waals surface area (Å²) in [5.41, 5.74) is 2.10. The molecule has 0 saturated heterocycles. The maximum absolute atomic E-state index is 12.8. The number of nitrogens with zero attached hydrogens (tertiary/aromatic N) is 1. The zero-order chi connectivity index (χ0) is 23.3. The Morgan fingerprint density at radius 3 is 2.76 bits per heavy atom. The molecule has 0 saturated carbocycles. The fourth-order valence-corrected chi connectivity index (χ4v) is 5.73. The van der Waals surface area contributed by atoms with Gasteiger partial charge in [0.05, 0.1) is 11.5 Å². The molecule has 0 spiro atoms. The number of fused-ring (bicyclic) bond motifs is 1. The quantitative estimate of drug-likeness (QED) is 0.482. The fraction of sp³-hybridized carbons (Fsp3) is 0.292. The van der Waals surface area contributed by atoms with Crippen molar-refractivity contribution in [2.24, 2.45) is 0 Å². The van der Waals surface area contributed by atoms with E-state index in [1.165, 1.54) is 22.6 Å². The summed E-state index contributed by atoms with van der Waals surface area (Å²) in [6.45, 7) is 5.55. The van der Waals surface area contributed by atoms with Crippen LogP contribution in [0.2, 0.25) is 0 Å². The number of amides is 1. The molecule has 2 heterocycles. The predicted molar refractivity (Wildman–Crippen MR) is 130 cm³/mol. The Labute approximate surface area is 198 Å². The minimum atomic E-state index is -3.83. The summed E-state index contributed by atoms with van der Waals surface area (Å²) in [6.07, 6.45) is 1.04. The highest BCUT2D eigenvalue weighted by Crippen LogP contribution is 2.24. The van der Waals surface area contributed by atoms with E-state index in [1.54, 1.807) is 47.7 Å². The Balaban J connectivity index is 1.34. The van der Waals surface area contributed by atoms with E-state index in [0.29, 0.717) is 30.2 Å². The second kappa shape index (κ2) is 10.4. The molecule has 0 unspecified atom stereocenters. The number of carbonyl (C=O) groups excluding carboxylic acids is 1. The van der Waals surface area contributed by atoms with Crippen molar-refractivity contribution in [3.8, 4) is 5.75 Å². The number of hydrogen-bond acceptors (Lipinski definition) is 6.